The highest BCUT2D eigenvalue weighted by Gasteiger charge is 2.17. The van der Waals surface area contributed by atoms with Gasteiger partial charge < -0.3 is 4.90 Å². The van der Waals surface area contributed by atoms with Gasteiger partial charge in [-0.1, -0.05) is 0 Å². The van der Waals surface area contributed by atoms with Crippen LogP contribution in [0.3, 0.4) is 0 Å². The summed E-state index contributed by atoms with van der Waals surface area (Å²) < 4.78 is 3.46. The first-order chi connectivity index (χ1) is 12.2. The molecule has 3 aromatic rings. The van der Waals surface area contributed by atoms with Gasteiger partial charge in [-0.2, -0.15) is 15.3 Å². The second-order valence-corrected chi connectivity index (χ2v) is 6.11. The van der Waals surface area contributed by atoms with Crippen LogP contribution in [0.15, 0.2) is 12.1 Å². The number of fused-ring (bicyclic) bond motifs is 1. The maximum Gasteiger partial charge on any atom is 0.245 e. The van der Waals surface area contributed by atoms with E-state index in [0.29, 0.717) is 11.3 Å². The van der Waals surface area contributed by atoms with Gasteiger partial charge in [-0.25, -0.2) is 14.2 Å². The molecule has 4 rings (SSSR count). The van der Waals surface area contributed by atoms with Crippen molar-refractivity contribution in [3.05, 3.63) is 35.0 Å². The first kappa shape index (κ1) is 15.3. The van der Waals surface area contributed by atoms with Crippen molar-refractivity contribution in [3.8, 4) is 6.07 Å². The molecule has 0 bridgehead atoms. The topological polar surface area (TPSA) is 87.9 Å². The summed E-state index contributed by atoms with van der Waals surface area (Å²) in [5.74, 6) is 1.57. The van der Waals surface area contributed by atoms with Crippen molar-refractivity contribution in [3.63, 3.8) is 0 Å². The van der Waals surface area contributed by atoms with Gasteiger partial charge in [0, 0.05) is 20.1 Å². The highest BCUT2D eigenvalue weighted by Crippen LogP contribution is 2.17. The smallest absolute Gasteiger partial charge is 0.245 e. The van der Waals surface area contributed by atoms with Crippen LogP contribution in [0.1, 0.15) is 35.7 Å². The third kappa shape index (κ3) is 2.74. The fraction of sp³-hybridized carbons (Fsp3) is 0.353. The first-order valence-corrected chi connectivity index (χ1v) is 8.26. The van der Waals surface area contributed by atoms with Crippen molar-refractivity contribution in [2.45, 2.75) is 19.8 Å². The van der Waals surface area contributed by atoms with Gasteiger partial charge in [0.2, 0.25) is 5.95 Å². The van der Waals surface area contributed by atoms with Gasteiger partial charge >= 0.3 is 0 Å². The van der Waals surface area contributed by atoms with Crippen LogP contribution in [-0.4, -0.2) is 42.5 Å². The Bertz CT molecular complexity index is 998. The molecule has 25 heavy (non-hydrogen) atoms. The van der Waals surface area contributed by atoms with Gasteiger partial charge in [0.05, 0.1) is 11.4 Å². The van der Waals surface area contributed by atoms with E-state index in [0.717, 1.165) is 36.3 Å². The molecule has 1 aliphatic heterocycles. The fourth-order valence-corrected chi connectivity index (χ4v) is 2.99. The maximum absolute atomic E-state index is 9.07. The number of nitriles is 1. The molecule has 0 radical (unpaired) electrons. The van der Waals surface area contributed by atoms with E-state index >= 15 is 0 Å². The summed E-state index contributed by atoms with van der Waals surface area (Å²) >= 11 is 0. The number of hydrogen-bond donors (Lipinski definition) is 0. The number of aryl methyl sites for hydroxylation is 2. The highest BCUT2D eigenvalue weighted by atomic mass is 15.4. The summed E-state index contributed by atoms with van der Waals surface area (Å²) in [5, 5.41) is 18.1. The van der Waals surface area contributed by atoms with Gasteiger partial charge in [-0.3, -0.25) is 0 Å². The number of hydrogen-bond acceptors (Lipinski definition) is 6. The van der Waals surface area contributed by atoms with Crippen molar-refractivity contribution in [1.82, 2.24) is 29.4 Å². The Morgan fingerprint density at radius 2 is 1.92 bits per heavy atom. The lowest BCUT2D eigenvalue weighted by molar-refractivity contribution is 0.747. The van der Waals surface area contributed by atoms with Crippen LogP contribution in [0.4, 0.5) is 5.95 Å². The molecule has 0 amide bonds. The molecule has 3 aromatic heterocycles. The van der Waals surface area contributed by atoms with Crippen LogP contribution in [0.25, 0.3) is 17.8 Å². The van der Waals surface area contributed by atoms with Crippen molar-refractivity contribution < 1.29 is 0 Å². The summed E-state index contributed by atoms with van der Waals surface area (Å²) in [5.41, 5.74) is 2.57. The van der Waals surface area contributed by atoms with Crippen LogP contribution < -0.4 is 4.90 Å². The largest absolute Gasteiger partial charge is 0.340 e. The SMILES string of the molecule is Cc1c(C#N)nc2ccc(/C=C/c3nc(N4CCCC4)nn3C)nn12. The third-order valence-electron chi connectivity index (χ3n) is 4.41. The first-order valence-electron chi connectivity index (χ1n) is 8.26. The minimum Gasteiger partial charge on any atom is -0.340 e. The molecule has 0 atom stereocenters. The van der Waals surface area contributed by atoms with Crippen LogP contribution in [-0.2, 0) is 7.05 Å². The molecule has 1 aliphatic rings. The zero-order valence-corrected chi connectivity index (χ0v) is 14.2. The molecule has 0 saturated carbocycles. The number of rotatable bonds is 3. The van der Waals surface area contributed by atoms with Crippen LogP contribution >= 0.6 is 0 Å². The van der Waals surface area contributed by atoms with Crippen molar-refractivity contribution in [2.24, 2.45) is 7.05 Å². The molecule has 8 heteroatoms. The molecule has 1 fully saturated rings. The molecule has 0 aliphatic carbocycles. The Balaban J connectivity index is 1.62. The van der Waals surface area contributed by atoms with E-state index in [4.69, 9.17) is 5.26 Å². The molecular weight excluding hydrogens is 316 g/mol. The number of nitrogens with zero attached hydrogens (tertiary/aromatic N) is 8. The molecule has 4 heterocycles. The Hall–Kier alpha value is -3.21. The molecule has 0 spiro atoms. The van der Waals surface area contributed by atoms with Crippen LogP contribution in [0.2, 0.25) is 0 Å². The Kier molecular flexibility index (Phi) is 3.69. The highest BCUT2D eigenvalue weighted by molar-refractivity contribution is 5.65. The molecule has 0 N–H and O–H groups in total. The average Bonchev–Trinajstić information content (AvgIpc) is 3.33. The molecule has 8 nitrogen and oxygen atoms in total. The number of anilines is 1. The number of imidazole rings is 1. The lowest BCUT2D eigenvalue weighted by Gasteiger charge is -2.10. The summed E-state index contributed by atoms with van der Waals surface area (Å²) in [6, 6.07) is 5.81. The second kappa shape index (κ2) is 6.02. The van der Waals surface area contributed by atoms with Crippen LogP contribution in [0.5, 0.6) is 0 Å². The zero-order valence-electron chi connectivity index (χ0n) is 14.2. The monoisotopic (exact) mass is 334 g/mol. The van der Waals surface area contributed by atoms with E-state index in [-0.39, 0.29) is 0 Å². The Morgan fingerprint density at radius 1 is 1.12 bits per heavy atom. The number of aromatic nitrogens is 6. The average molecular weight is 334 g/mol. The van der Waals surface area contributed by atoms with Gasteiger partial charge in [-0.15, -0.1) is 5.10 Å². The minimum absolute atomic E-state index is 0.400. The van der Waals surface area contributed by atoms with E-state index in [1.165, 1.54) is 12.8 Å². The Labute approximate surface area is 145 Å². The Morgan fingerprint density at radius 3 is 2.68 bits per heavy atom. The van der Waals surface area contributed by atoms with Crippen molar-refractivity contribution in [1.29, 1.82) is 5.26 Å². The lowest BCUT2D eigenvalue weighted by Crippen LogP contribution is -2.19. The second-order valence-electron chi connectivity index (χ2n) is 6.11. The molecule has 0 aromatic carbocycles. The third-order valence-corrected chi connectivity index (χ3v) is 4.41. The fourth-order valence-electron chi connectivity index (χ4n) is 2.99. The quantitative estimate of drug-likeness (QED) is 0.726. The standard InChI is InChI=1S/C17H18N8/c1-12-14(11-18)19-16-8-6-13(21-25(12)16)5-7-15-20-17(22-23(15)2)24-9-3-4-10-24/h5-8H,3-4,9-10H2,1-2H3/b7-5+. The predicted octanol–water partition coefficient (Wildman–Crippen LogP) is 1.81. The van der Waals surface area contributed by atoms with E-state index < -0.39 is 0 Å². The van der Waals surface area contributed by atoms with E-state index in [1.807, 2.05) is 38.3 Å². The molecule has 126 valence electrons. The molecule has 1 saturated heterocycles. The van der Waals surface area contributed by atoms with Crippen LogP contribution in [0, 0.1) is 18.3 Å². The molecule has 0 unspecified atom stereocenters. The van der Waals surface area contributed by atoms with Gasteiger partial charge in [0.25, 0.3) is 0 Å². The normalized spacial score (nSPS) is 14.7. The predicted molar refractivity (Wildman–Crippen MR) is 93.8 cm³/mol. The van der Waals surface area contributed by atoms with Gasteiger partial charge in [0.1, 0.15) is 6.07 Å². The summed E-state index contributed by atoms with van der Waals surface area (Å²) in [6.45, 7) is 3.88. The van der Waals surface area contributed by atoms with E-state index in [1.54, 1.807) is 9.20 Å². The summed E-state index contributed by atoms with van der Waals surface area (Å²) in [6.07, 6.45) is 6.19. The van der Waals surface area contributed by atoms with Gasteiger partial charge in [0.15, 0.2) is 17.2 Å². The maximum atomic E-state index is 9.07. The van der Waals surface area contributed by atoms with Crippen molar-refractivity contribution >= 4 is 23.7 Å². The molecular formula is C17H18N8. The zero-order chi connectivity index (χ0) is 17.4. The van der Waals surface area contributed by atoms with Gasteiger partial charge in [-0.05, 0) is 44.1 Å². The minimum atomic E-state index is 0.400. The summed E-state index contributed by atoms with van der Waals surface area (Å²) in [7, 11) is 1.89. The van der Waals surface area contributed by atoms with E-state index in [2.05, 4.69) is 31.1 Å². The summed E-state index contributed by atoms with van der Waals surface area (Å²) in [4.78, 5) is 11.0. The van der Waals surface area contributed by atoms with E-state index in [9.17, 15) is 0 Å². The lowest BCUT2D eigenvalue weighted by atomic mass is 10.3. The van der Waals surface area contributed by atoms with Crippen molar-refractivity contribution in [2.75, 3.05) is 18.0 Å².